The third-order valence-corrected chi connectivity index (χ3v) is 7.17. The van der Waals surface area contributed by atoms with Crippen LogP contribution in [0.25, 0.3) is 10.9 Å². The minimum absolute atomic E-state index is 0.0228. The summed E-state index contributed by atoms with van der Waals surface area (Å²) in [6.45, 7) is 0.603. The van der Waals surface area contributed by atoms with Gasteiger partial charge < -0.3 is 19.4 Å². The highest BCUT2D eigenvalue weighted by atomic mass is 32.1. The Labute approximate surface area is 201 Å². The Bertz CT molecular complexity index is 1400. The summed E-state index contributed by atoms with van der Waals surface area (Å²) in [6.07, 6.45) is 1.35. The molecule has 3 heterocycles. The lowest BCUT2D eigenvalue weighted by Gasteiger charge is -2.37. The van der Waals surface area contributed by atoms with E-state index in [1.807, 2.05) is 46.7 Å². The van der Waals surface area contributed by atoms with Gasteiger partial charge in [-0.3, -0.25) is 9.59 Å². The Morgan fingerprint density at radius 1 is 1.15 bits per heavy atom. The maximum atomic E-state index is 13.5. The first-order chi connectivity index (χ1) is 16.6. The highest BCUT2D eigenvalue weighted by Crippen LogP contribution is 2.42. The molecule has 0 saturated heterocycles. The number of ether oxygens (including phenoxy) is 2. The number of amides is 1. The largest absolute Gasteiger partial charge is 0.493 e. The van der Waals surface area contributed by atoms with Gasteiger partial charge >= 0.3 is 0 Å². The van der Waals surface area contributed by atoms with Gasteiger partial charge in [0.25, 0.3) is 5.56 Å². The summed E-state index contributed by atoms with van der Waals surface area (Å²) in [7, 11) is 3.25. The monoisotopic (exact) mass is 475 g/mol. The number of fused-ring (bicyclic) bond motifs is 2. The molecule has 0 fully saturated rings. The zero-order valence-corrected chi connectivity index (χ0v) is 19.9. The number of aryl methyl sites for hydroxylation is 1. The summed E-state index contributed by atoms with van der Waals surface area (Å²) < 4.78 is 11.0. The maximum absolute atomic E-state index is 13.5. The second-order valence-corrected chi connectivity index (χ2v) is 9.17. The van der Waals surface area contributed by atoms with Crippen LogP contribution in [-0.2, 0) is 17.6 Å². The normalized spacial score (nSPS) is 15.2. The number of carbonyl (C=O) groups excluding carboxylic acids is 1. The number of aromatic nitrogens is 2. The predicted octanol–water partition coefficient (Wildman–Crippen LogP) is 4.11. The molecule has 8 heteroatoms. The van der Waals surface area contributed by atoms with Gasteiger partial charge in [-0.15, -0.1) is 11.3 Å². The summed E-state index contributed by atoms with van der Waals surface area (Å²) in [5, 5.41) is 2.57. The Balaban J connectivity index is 1.44. The number of rotatable bonds is 6. The van der Waals surface area contributed by atoms with Crippen LogP contribution >= 0.6 is 11.3 Å². The fourth-order valence-electron chi connectivity index (χ4n) is 4.59. The molecule has 4 aromatic rings. The summed E-state index contributed by atoms with van der Waals surface area (Å²) in [5.41, 5.74) is 2.66. The van der Waals surface area contributed by atoms with Crippen molar-refractivity contribution in [3.63, 3.8) is 0 Å². The molecule has 0 radical (unpaired) electrons. The van der Waals surface area contributed by atoms with Crippen LogP contribution in [0.4, 0.5) is 0 Å². The van der Waals surface area contributed by atoms with E-state index in [9.17, 15) is 9.59 Å². The van der Waals surface area contributed by atoms with Gasteiger partial charge in [-0.2, -0.15) is 0 Å². The number of nitrogens with one attached hydrogen (secondary N) is 1. The van der Waals surface area contributed by atoms with Gasteiger partial charge in [-0.25, -0.2) is 4.98 Å². The van der Waals surface area contributed by atoms with Crippen molar-refractivity contribution in [3.05, 3.63) is 86.1 Å². The third-order valence-electron chi connectivity index (χ3n) is 6.24. The molecule has 0 aliphatic carbocycles. The number of thiophene rings is 1. The van der Waals surface area contributed by atoms with Crippen LogP contribution in [0, 0.1) is 0 Å². The molecule has 1 N–H and O–H groups in total. The Kier molecular flexibility index (Phi) is 6.06. The molecule has 34 heavy (non-hydrogen) atoms. The highest BCUT2D eigenvalue weighted by Gasteiger charge is 2.33. The van der Waals surface area contributed by atoms with Crippen LogP contribution in [0.1, 0.15) is 34.3 Å². The fourth-order valence-corrected chi connectivity index (χ4v) is 5.44. The quantitative estimate of drug-likeness (QED) is 0.454. The second kappa shape index (κ2) is 9.30. The molecule has 5 rings (SSSR count). The van der Waals surface area contributed by atoms with Crippen LogP contribution in [0.15, 0.2) is 58.7 Å². The standard InChI is InChI=1S/C26H25N3O4S/c1-32-20-14-16-11-12-29(25(22-8-5-13-34-22)18(16)15-21(20)33-2)24(30)10-9-23-27-19-7-4-3-6-17(19)26(31)28-23/h3-8,13-15,25H,9-12H2,1-2H3,(H,27,28,31). The lowest BCUT2D eigenvalue weighted by molar-refractivity contribution is -0.133. The molecule has 0 spiro atoms. The number of methoxy groups -OCH3 is 2. The van der Waals surface area contributed by atoms with Crippen molar-refractivity contribution in [3.8, 4) is 11.5 Å². The van der Waals surface area contributed by atoms with Gasteiger partial charge in [0.1, 0.15) is 5.82 Å². The number of para-hydroxylation sites is 1. The van der Waals surface area contributed by atoms with Crippen LogP contribution in [0.3, 0.4) is 0 Å². The summed E-state index contributed by atoms with van der Waals surface area (Å²) in [5.74, 6) is 1.88. The summed E-state index contributed by atoms with van der Waals surface area (Å²) in [6, 6.07) is 15.1. The van der Waals surface area contributed by atoms with E-state index < -0.39 is 0 Å². The molecule has 1 amide bonds. The zero-order chi connectivity index (χ0) is 23.7. The topological polar surface area (TPSA) is 84.5 Å². The van der Waals surface area contributed by atoms with E-state index in [0.717, 1.165) is 22.4 Å². The molecular formula is C26H25N3O4S. The van der Waals surface area contributed by atoms with Gasteiger partial charge in [-0.1, -0.05) is 18.2 Å². The number of aromatic amines is 1. The molecule has 1 unspecified atom stereocenters. The van der Waals surface area contributed by atoms with Gasteiger partial charge in [0.2, 0.25) is 5.91 Å². The fraction of sp³-hybridized carbons (Fsp3) is 0.269. The van der Waals surface area contributed by atoms with Gasteiger partial charge in [-0.05, 0) is 53.3 Å². The second-order valence-electron chi connectivity index (χ2n) is 8.19. The molecule has 7 nitrogen and oxygen atoms in total. The number of hydrogen-bond acceptors (Lipinski definition) is 6. The highest BCUT2D eigenvalue weighted by molar-refractivity contribution is 7.10. The van der Waals surface area contributed by atoms with Crippen LogP contribution in [-0.4, -0.2) is 41.5 Å². The van der Waals surface area contributed by atoms with Crippen molar-refractivity contribution in [2.75, 3.05) is 20.8 Å². The van der Waals surface area contributed by atoms with Crippen molar-refractivity contribution in [2.45, 2.75) is 25.3 Å². The first-order valence-electron chi connectivity index (χ1n) is 11.1. The molecule has 0 bridgehead atoms. The minimum atomic E-state index is -0.195. The third kappa shape index (κ3) is 4.05. The lowest BCUT2D eigenvalue weighted by atomic mass is 9.90. The van der Waals surface area contributed by atoms with Gasteiger partial charge in [0, 0.05) is 24.3 Å². The average molecular weight is 476 g/mol. The van der Waals surface area contributed by atoms with Crippen molar-refractivity contribution in [1.82, 2.24) is 14.9 Å². The summed E-state index contributed by atoms with van der Waals surface area (Å²) in [4.78, 5) is 36.3. The van der Waals surface area contributed by atoms with Crippen LogP contribution < -0.4 is 15.0 Å². The van der Waals surface area contributed by atoms with E-state index in [1.54, 1.807) is 31.6 Å². The van der Waals surface area contributed by atoms with E-state index in [0.29, 0.717) is 41.2 Å². The van der Waals surface area contributed by atoms with Gasteiger partial charge in [0.05, 0.1) is 31.2 Å². The molecule has 1 aliphatic rings. The lowest BCUT2D eigenvalue weighted by Crippen LogP contribution is -2.40. The van der Waals surface area contributed by atoms with E-state index in [-0.39, 0.29) is 23.9 Å². The van der Waals surface area contributed by atoms with E-state index >= 15 is 0 Å². The molecule has 2 aromatic carbocycles. The predicted molar refractivity (Wildman–Crippen MR) is 132 cm³/mol. The van der Waals surface area contributed by atoms with Crippen molar-refractivity contribution >= 4 is 28.1 Å². The zero-order valence-electron chi connectivity index (χ0n) is 19.0. The first-order valence-corrected chi connectivity index (χ1v) is 12.0. The smallest absolute Gasteiger partial charge is 0.258 e. The molecule has 174 valence electrons. The van der Waals surface area contributed by atoms with Crippen LogP contribution in [0.5, 0.6) is 11.5 Å². The Hall–Kier alpha value is -3.65. The molecule has 2 aromatic heterocycles. The van der Waals surface area contributed by atoms with Gasteiger partial charge in [0.15, 0.2) is 11.5 Å². The number of carbonyl (C=O) groups is 1. The Morgan fingerprint density at radius 2 is 1.94 bits per heavy atom. The molecule has 1 aliphatic heterocycles. The SMILES string of the molecule is COc1cc2c(cc1OC)C(c1cccs1)N(C(=O)CCc1nc3ccccc3c(=O)[nH]1)CC2. The van der Waals surface area contributed by atoms with Crippen molar-refractivity contribution < 1.29 is 14.3 Å². The molecule has 0 saturated carbocycles. The van der Waals surface area contributed by atoms with Crippen molar-refractivity contribution in [1.29, 1.82) is 0 Å². The Morgan fingerprint density at radius 3 is 2.71 bits per heavy atom. The first kappa shape index (κ1) is 22.2. The minimum Gasteiger partial charge on any atom is -0.493 e. The number of hydrogen-bond donors (Lipinski definition) is 1. The van der Waals surface area contributed by atoms with E-state index in [4.69, 9.17) is 9.47 Å². The van der Waals surface area contributed by atoms with E-state index in [2.05, 4.69) is 16.0 Å². The maximum Gasteiger partial charge on any atom is 0.258 e. The molecular weight excluding hydrogens is 450 g/mol. The number of H-pyrrole nitrogens is 1. The molecule has 1 atom stereocenters. The number of benzene rings is 2. The van der Waals surface area contributed by atoms with Crippen molar-refractivity contribution in [2.24, 2.45) is 0 Å². The average Bonchev–Trinajstić information content (AvgIpc) is 3.40. The summed E-state index contributed by atoms with van der Waals surface area (Å²) >= 11 is 1.63. The van der Waals surface area contributed by atoms with Crippen LogP contribution in [0.2, 0.25) is 0 Å². The van der Waals surface area contributed by atoms with E-state index in [1.165, 1.54) is 0 Å². The number of nitrogens with zero attached hydrogens (tertiary/aromatic N) is 2.